The van der Waals surface area contributed by atoms with Crippen LogP contribution in [0.2, 0.25) is 5.02 Å². The highest BCUT2D eigenvalue weighted by atomic mass is 35.5. The first-order valence-corrected chi connectivity index (χ1v) is 6.41. The van der Waals surface area contributed by atoms with Gasteiger partial charge in [0.25, 0.3) is 0 Å². The van der Waals surface area contributed by atoms with Gasteiger partial charge in [-0.15, -0.1) is 0 Å². The summed E-state index contributed by atoms with van der Waals surface area (Å²) in [6.45, 7) is 0. The maximum absolute atomic E-state index is 10.9. The molecule has 128 valence electrons. The van der Waals surface area contributed by atoms with Crippen LogP contribution in [0, 0.1) is 0 Å². The number of halogens is 1. The zero-order chi connectivity index (χ0) is 18.2. The zero-order valence-electron chi connectivity index (χ0n) is 12.0. The minimum absolute atomic E-state index is 0.153. The topological polar surface area (TPSA) is 167 Å². The Morgan fingerprint density at radius 3 is 2.04 bits per heavy atom. The number of nitrogen functional groups attached to an aromatic ring is 1. The lowest BCUT2D eigenvalue weighted by Gasteiger charge is -2.07. The lowest BCUT2D eigenvalue weighted by atomic mass is 10.1. The van der Waals surface area contributed by atoms with Crippen molar-refractivity contribution >= 4 is 35.2 Å². The highest BCUT2D eigenvalue weighted by Crippen LogP contribution is 2.23. The van der Waals surface area contributed by atoms with Gasteiger partial charge in [-0.3, -0.25) is 4.79 Å². The van der Waals surface area contributed by atoms with Crippen molar-refractivity contribution in [3.8, 4) is 0 Å². The van der Waals surface area contributed by atoms with Crippen molar-refractivity contribution in [1.29, 1.82) is 0 Å². The van der Waals surface area contributed by atoms with Gasteiger partial charge in [0.05, 0.1) is 24.2 Å². The SMILES string of the molecule is COC(=O)Cc1cccc(N)c1Cl.O=C(O)[C@H](O)[C@@H](O)C(=O)O. The molecule has 0 radical (unpaired) electrons. The summed E-state index contributed by atoms with van der Waals surface area (Å²) < 4.78 is 4.51. The van der Waals surface area contributed by atoms with E-state index in [9.17, 15) is 14.4 Å². The van der Waals surface area contributed by atoms with Crippen LogP contribution < -0.4 is 5.73 Å². The average Bonchev–Trinajstić information content (AvgIpc) is 2.50. The molecular formula is C13H16ClNO8. The minimum Gasteiger partial charge on any atom is -0.479 e. The molecule has 0 aliphatic heterocycles. The number of carbonyl (C=O) groups excluding carboxylic acids is 1. The number of ether oxygens (including phenoxy) is 1. The number of methoxy groups -OCH3 is 1. The number of benzene rings is 1. The van der Waals surface area contributed by atoms with Crippen LogP contribution in [-0.4, -0.2) is 57.7 Å². The molecule has 1 aromatic carbocycles. The van der Waals surface area contributed by atoms with E-state index in [1.165, 1.54) is 7.11 Å². The molecular weight excluding hydrogens is 334 g/mol. The molecule has 0 saturated carbocycles. The number of carboxylic acid groups (broad SMARTS) is 2. The van der Waals surface area contributed by atoms with Crippen LogP contribution >= 0.6 is 11.6 Å². The van der Waals surface area contributed by atoms with Gasteiger partial charge in [-0.25, -0.2) is 9.59 Å². The molecule has 23 heavy (non-hydrogen) atoms. The summed E-state index contributed by atoms with van der Waals surface area (Å²) >= 11 is 5.86. The molecule has 0 aliphatic carbocycles. The number of aliphatic carboxylic acids is 2. The molecule has 0 aromatic heterocycles. The van der Waals surface area contributed by atoms with Crippen LogP contribution in [0.3, 0.4) is 0 Å². The van der Waals surface area contributed by atoms with Crippen molar-refractivity contribution < 1.29 is 39.5 Å². The molecule has 0 saturated heterocycles. The van der Waals surface area contributed by atoms with Crippen LogP contribution in [0.5, 0.6) is 0 Å². The highest BCUT2D eigenvalue weighted by Gasteiger charge is 2.29. The predicted octanol–water partition coefficient (Wildman–Crippen LogP) is -0.485. The average molecular weight is 350 g/mol. The number of esters is 1. The first-order valence-electron chi connectivity index (χ1n) is 6.03. The van der Waals surface area contributed by atoms with Crippen LogP contribution in [0.25, 0.3) is 0 Å². The molecule has 0 heterocycles. The van der Waals surface area contributed by atoms with Gasteiger partial charge in [0.1, 0.15) is 0 Å². The second-order valence-corrected chi connectivity index (χ2v) is 4.52. The zero-order valence-corrected chi connectivity index (χ0v) is 12.7. The number of hydrogen-bond donors (Lipinski definition) is 5. The summed E-state index contributed by atoms with van der Waals surface area (Å²) in [5.41, 5.74) is 6.72. The van der Waals surface area contributed by atoms with E-state index >= 15 is 0 Å². The van der Waals surface area contributed by atoms with Crippen molar-refractivity contribution in [3.05, 3.63) is 28.8 Å². The lowest BCUT2D eigenvalue weighted by molar-refractivity contribution is -0.165. The maximum Gasteiger partial charge on any atom is 0.335 e. The third-order valence-corrected chi connectivity index (χ3v) is 2.94. The molecule has 1 aromatic rings. The van der Waals surface area contributed by atoms with Crippen LogP contribution in [0.15, 0.2) is 18.2 Å². The van der Waals surface area contributed by atoms with E-state index in [2.05, 4.69) is 4.74 Å². The normalized spacial score (nSPS) is 12.3. The second-order valence-electron chi connectivity index (χ2n) is 4.14. The number of hydrogen-bond acceptors (Lipinski definition) is 7. The number of anilines is 1. The number of carbonyl (C=O) groups is 3. The molecule has 1 rings (SSSR count). The van der Waals surface area contributed by atoms with E-state index in [1.807, 2.05) is 0 Å². The third kappa shape index (κ3) is 6.96. The molecule has 0 bridgehead atoms. The van der Waals surface area contributed by atoms with E-state index in [0.29, 0.717) is 16.3 Å². The molecule has 0 amide bonds. The van der Waals surface area contributed by atoms with Crippen molar-refractivity contribution in [2.75, 3.05) is 12.8 Å². The Morgan fingerprint density at radius 1 is 1.17 bits per heavy atom. The molecule has 9 nitrogen and oxygen atoms in total. The summed E-state index contributed by atoms with van der Waals surface area (Å²) in [7, 11) is 1.34. The first kappa shape index (κ1) is 20.6. The lowest BCUT2D eigenvalue weighted by Crippen LogP contribution is -2.39. The van der Waals surface area contributed by atoms with Gasteiger partial charge in [-0.05, 0) is 11.6 Å². The monoisotopic (exact) mass is 349 g/mol. The summed E-state index contributed by atoms with van der Waals surface area (Å²) in [5.74, 6) is -3.86. The summed E-state index contributed by atoms with van der Waals surface area (Å²) in [6, 6.07) is 5.18. The minimum atomic E-state index is -2.27. The molecule has 0 unspecified atom stereocenters. The summed E-state index contributed by atoms with van der Waals surface area (Å²) in [4.78, 5) is 30.5. The summed E-state index contributed by atoms with van der Waals surface area (Å²) in [6.07, 6.45) is -4.38. The van der Waals surface area contributed by atoms with Gasteiger partial charge in [-0.1, -0.05) is 23.7 Å². The first-order chi connectivity index (χ1) is 10.6. The van der Waals surface area contributed by atoms with Crippen molar-refractivity contribution in [2.45, 2.75) is 18.6 Å². The quantitative estimate of drug-likeness (QED) is 0.348. The molecule has 2 atom stereocenters. The van der Waals surface area contributed by atoms with Gasteiger partial charge in [0.15, 0.2) is 12.2 Å². The fourth-order valence-electron chi connectivity index (χ4n) is 1.23. The fourth-order valence-corrected chi connectivity index (χ4v) is 1.43. The number of aliphatic hydroxyl groups excluding tert-OH is 2. The van der Waals surface area contributed by atoms with E-state index < -0.39 is 24.1 Å². The highest BCUT2D eigenvalue weighted by molar-refractivity contribution is 6.34. The predicted molar refractivity (Wildman–Crippen MR) is 78.9 cm³/mol. The van der Waals surface area contributed by atoms with Gasteiger partial charge >= 0.3 is 17.9 Å². The van der Waals surface area contributed by atoms with E-state index in [0.717, 1.165) is 0 Å². The Kier molecular flexibility index (Phi) is 8.63. The molecule has 6 N–H and O–H groups in total. The van der Waals surface area contributed by atoms with Crippen molar-refractivity contribution in [3.63, 3.8) is 0 Å². The Hall–Kier alpha value is -2.36. The Labute approximate surface area is 135 Å². The molecule has 10 heteroatoms. The standard InChI is InChI=1S/C9H10ClNO2.C4H6O6/c1-13-8(12)5-6-3-2-4-7(11)9(6)10;5-1(3(7)8)2(6)4(9)10/h2-4H,5,11H2,1H3;1-2,5-6H,(H,7,8)(H,9,10)/t;1-,2-/m.1/s1. The molecule has 0 aliphatic rings. The van der Waals surface area contributed by atoms with Crippen molar-refractivity contribution in [2.24, 2.45) is 0 Å². The number of aliphatic hydroxyl groups is 2. The van der Waals surface area contributed by atoms with E-state index in [-0.39, 0.29) is 12.4 Å². The van der Waals surface area contributed by atoms with E-state index in [1.54, 1.807) is 18.2 Å². The molecule has 0 fully saturated rings. The maximum atomic E-state index is 10.9. The summed E-state index contributed by atoms with van der Waals surface area (Å²) in [5, 5.41) is 32.9. The Balaban J connectivity index is 0.000000438. The Bertz CT molecular complexity index is 559. The van der Waals surface area contributed by atoms with Gasteiger partial charge in [0.2, 0.25) is 0 Å². The molecule has 0 spiro atoms. The number of carboxylic acids is 2. The van der Waals surface area contributed by atoms with Gasteiger partial charge in [-0.2, -0.15) is 0 Å². The third-order valence-electron chi connectivity index (χ3n) is 2.48. The smallest absolute Gasteiger partial charge is 0.335 e. The van der Waals surface area contributed by atoms with Crippen LogP contribution in [0.1, 0.15) is 5.56 Å². The van der Waals surface area contributed by atoms with Crippen LogP contribution in [-0.2, 0) is 25.5 Å². The number of nitrogens with two attached hydrogens (primary N) is 1. The van der Waals surface area contributed by atoms with Gasteiger partial charge < -0.3 is 30.9 Å². The Morgan fingerprint density at radius 2 is 1.65 bits per heavy atom. The largest absolute Gasteiger partial charge is 0.479 e. The fraction of sp³-hybridized carbons (Fsp3) is 0.308. The van der Waals surface area contributed by atoms with Crippen molar-refractivity contribution in [1.82, 2.24) is 0 Å². The second kappa shape index (κ2) is 9.62. The van der Waals surface area contributed by atoms with Gasteiger partial charge in [0, 0.05) is 0 Å². The number of rotatable bonds is 5. The van der Waals surface area contributed by atoms with E-state index in [4.69, 9.17) is 37.8 Å². The van der Waals surface area contributed by atoms with Crippen LogP contribution in [0.4, 0.5) is 5.69 Å².